The molecule has 8 heteroatoms. The van der Waals surface area contributed by atoms with Gasteiger partial charge in [-0.1, -0.05) is 67.6 Å². The van der Waals surface area contributed by atoms with Gasteiger partial charge in [0.1, 0.15) is 29.5 Å². The lowest BCUT2D eigenvalue weighted by molar-refractivity contribution is -0.326. The number of thioether (sulfide) groups is 1. The first-order valence-corrected chi connectivity index (χ1v) is 13.0. The third-order valence-electron chi connectivity index (χ3n) is 5.92. The number of hydrogen-bond acceptors (Lipinski definition) is 8. The number of Topliss-reactive ketones (excluding diaryl/α,β-unsaturated/α-hetero) is 1. The van der Waals surface area contributed by atoms with Gasteiger partial charge in [-0.2, -0.15) is 0 Å². The van der Waals surface area contributed by atoms with Gasteiger partial charge in [0.05, 0.1) is 19.6 Å². The maximum atomic E-state index is 12.7. The van der Waals surface area contributed by atoms with Crippen LogP contribution in [0.4, 0.5) is 0 Å². The SMILES string of the molecule is CCSC1OC2COC(c3ccccc3)OC2C(OCc2ccccc2)C1OC(=O)CCC(C)=O. The first-order chi connectivity index (χ1) is 17.0. The van der Waals surface area contributed by atoms with Crippen molar-refractivity contribution < 1.29 is 33.3 Å². The van der Waals surface area contributed by atoms with E-state index in [0.29, 0.717) is 13.2 Å². The summed E-state index contributed by atoms with van der Waals surface area (Å²) in [5.41, 5.74) is 1.46. The molecule has 0 aliphatic carbocycles. The van der Waals surface area contributed by atoms with Crippen molar-refractivity contribution in [3.63, 3.8) is 0 Å². The molecular formula is C27H32O7S. The number of carbonyl (C=O) groups is 2. The van der Waals surface area contributed by atoms with E-state index < -0.39 is 36.0 Å². The van der Waals surface area contributed by atoms with E-state index in [0.717, 1.165) is 16.9 Å². The Hall–Kier alpha value is -2.23. The molecule has 2 aliphatic heterocycles. The molecule has 0 amide bonds. The number of esters is 1. The molecule has 2 saturated heterocycles. The second-order valence-electron chi connectivity index (χ2n) is 8.59. The molecule has 2 aliphatic rings. The Labute approximate surface area is 210 Å². The van der Waals surface area contributed by atoms with Gasteiger partial charge in [-0.3, -0.25) is 4.79 Å². The van der Waals surface area contributed by atoms with E-state index >= 15 is 0 Å². The Bertz CT molecular complexity index is 955. The van der Waals surface area contributed by atoms with Crippen LogP contribution in [0.15, 0.2) is 60.7 Å². The van der Waals surface area contributed by atoms with Gasteiger partial charge in [0, 0.05) is 12.0 Å². The number of rotatable bonds is 10. The number of fused-ring (bicyclic) bond motifs is 1. The summed E-state index contributed by atoms with van der Waals surface area (Å²) < 4.78 is 31.0. The molecule has 2 fully saturated rings. The van der Waals surface area contributed by atoms with Crippen molar-refractivity contribution >= 4 is 23.5 Å². The number of ether oxygens (including phenoxy) is 5. The van der Waals surface area contributed by atoms with Crippen LogP contribution in [0, 0.1) is 0 Å². The van der Waals surface area contributed by atoms with Gasteiger partial charge in [-0.05, 0) is 18.2 Å². The van der Waals surface area contributed by atoms with E-state index in [4.69, 9.17) is 23.7 Å². The summed E-state index contributed by atoms with van der Waals surface area (Å²) in [5, 5.41) is 0. The molecule has 0 bridgehead atoms. The third kappa shape index (κ3) is 6.92. The molecule has 0 radical (unpaired) electrons. The highest BCUT2D eigenvalue weighted by Crippen LogP contribution is 2.39. The van der Waals surface area contributed by atoms with Crippen molar-refractivity contribution in [2.75, 3.05) is 12.4 Å². The maximum Gasteiger partial charge on any atom is 0.306 e. The van der Waals surface area contributed by atoms with Crippen molar-refractivity contribution in [2.45, 2.75) is 69.4 Å². The average molecular weight is 501 g/mol. The molecule has 7 nitrogen and oxygen atoms in total. The predicted octanol–water partition coefficient (Wildman–Crippen LogP) is 4.45. The van der Waals surface area contributed by atoms with Gasteiger partial charge >= 0.3 is 5.97 Å². The van der Waals surface area contributed by atoms with Gasteiger partial charge in [0.15, 0.2) is 12.4 Å². The standard InChI is InChI=1S/C27H32O7S/c1-3-35-27-25(33-22(29)15-14-18(2)28)24(30-16-19-10-6-4-7-11-19)23-21(32-27)17-31-26(34-23)20-12-8-5-9-13-20/h4-13,21,23-27H,3,14-17H2,1-2H3. The zero-order chi connectivity index (χ0) is 24.6. The summed E-state index contributed by atoms with van der Waals surface area (Å²) in [4.78, 5) is 24.1. The van der Waals surface area contributed by atoms with Crippen molar-refractivity contribution in [2.24, 2.45) is 0 Å². The first kappa shape index (κ1) is 25.9. The molecule has 188 valence electrons. The maximum absolute atomic E-state index is 12.7. The van der Waals surface area contributed by atoms with E-state index in [9.17, 15) is 9.59 Å². The summed E-state index contributed by atoms with van der Waals surface area (Å²) in [7, 11) is 0. The monoisotopic (exact) mass is 500 g/mol. The van der Waals surface area contributed by atoms with E-state index in [-0.39, 0.29) is 24.7 Å². The molecule has 2 aromatic carbocycles. The predicted molar refractivity (Wildman–Crippen MR) is 132 cm³/mol. The molecular weight excluding hydrogens is 468 g/mol. The van der Waals surface area contributed by atoms with Crippen molar-refractivity contribution in [1.82, 2.24) is 0 Å². The van der Waals surface area contributed by atoms with Gasteiger partial charge in [-0.25, -0.2) is 0 Å². The van der Waals surface area contributed by atoms with Crippen LogP contribution in [-0.4, -0.2) is 54.0 Å². The largest absolute Gasteiger partial charge is 0.456 e. The highest BCUT2D eigenvalue weighted by Gasteiger charge is 2.52. The van der Waals surface area contributed by atoms with Gasteiger partial charge < -0.3 is 28.5 Å². The van der Waals surface area contributed by atoms with Crippen LogP contribution >= 0.6 is 11.8 Å². The summed E-state index contributed by atoms with van der Waals surface area (Å²) in [6, 6.07) is 19.5. The molecule has 0 N–H and O–H groups in total. The Morgan fingerprint density at radius 3 is 2.37 bits per heavy atom. The Balaban J connectivity index is 1.58. The topological polar surface area (TPSA) is 80.3 Å². The van der Waals surface area contributed by atoms with E-state index in [1.54, 1.807) is 11.8 Å². The zero-order valence-corrected chi connectivity index (χ0v) is 20.9. The van der Waals surface area contributed by atoms with Crippen LogP contribution in [0.5, 0.6) is 0 Å². The highest BCUT2D eigenvalue weighted by molar-refractivity contribution is 7.99. The Kier molecular flexibility index (Phi) is 9.34. The van der Waals surface area contributed by atoms with Crippen LogP contribution < -0.4 is 0 Å². The second-order valence-corrected chi connectivity index (χ2v) is 9.97. The summed E-state index contributed by atoms with van der Waals surface area (Å²) in [6.45, 7) is 4.15. The van der Waals surface area contributed by atoms with Crippen LogP contribution in [0.1, 0.15) is 44.1 Å². The van der Waals surface area contributed by atoms with Crippen LogP contribution in [-0.2, 0) is 39.9 Å². The van der Waals surface area contributed by atoms with Crippen molar-refractivity contribution in [3.8, 4) is 0 Å². The lowest BCUT2D eigenvalue weighted by Crippen LogP contribution is -2.62. The van der Waals surface area contributed by atoms with Crippen molar-refractivity contribution in [1.29, 1.82) is 0 Å². The molecule has 2 aromatic rings. The van der Waals surface area contributed by atoms with Gasteiger partial charge in [0.2, 0.25) is 0 Å². The number of hydrogen-bond donors (Lipinski definition) is 0. The normalized spacial score (nSPS) is 28.2. The van der Waals surface area contributed by atoms with E-state index in [1.807, 2.05) is 67.6 Å². The second kappa shape index (κ2) is 12.6. The number of carbonyl (C=O) groups excluding carboxylic acids is 2. The zero-order valence-electron chi connectivity index (χ0n) is 20.0. The Morgan fingerprint density at radius 2 is 1.69 bits per heavy atom. The fourth-order valence-electron chi connectivity index (χ4n) is 4.20. The number of benzene rings is 2. The minimum absolute atomic E-state index is 0.0193. The molecule has 0 aromatic heterocycles. The quantitative estimate of drug-likeness (QED) is 0.443. The van der Waals surface area contributed by atoms with E-state index in [2.05, 4.69) is 0 Å². The fraction of sp³-hybridized carbons (Fsp3) is 0.481. The molecule has 2 heterocycles. The lowest BCUT2D eigenvalue weighted by atomic mass is 9.98. The molecule has 4 rings (SSSR count). The van der Waals surface area contributed by atoms with Gasteiger partial charge in [-0.15, -0.1) is 11.8 Å². The minimum Gasteiger partial charge on any atom is -0.456 e. The first-order valence-electron chi connectivity index (χ1n) is 12.0. The van der Waals surface area contributed by atoms with Crippen LogP contribution in [0.2, 0.25) is 0 Å². The molecule has 6 atom stereocenters. The summed E-state index contributed by atoms with van der Waals surface area (Å²) in [5.74, 6) is 0.259. The fourth-order valence-corrected chi connectivity index (χ4v) is 5.15. The van der Waals surface area contributed by atoms with Gasteiger partial charge in [0.25, 0.3) is 0 Å². The molecule has 6 unspecified atom stereocenters. The summed E-state index contributed by atoms with van der Waals surface area (Å²) >= 11 is 1.55. The summed E-state index contributed by atoms with van der Waals surface area (Å²) in [6.07, 6.45) is -2.56. The molecule has 0 spiro atoms. The highest BCUT2D eigenvalue weighted by atomic mass is 32.2. The smallest absolute Gasteiger partial charge is 0.306 e. The Morgan fingerprint density at radius 1 is 0.971 bits per heavy atom. The van der Waals surface area contributed by atoms with E-state index in [1.165, 1.54) is 6.92 Å². The third-order valence-corrected chi connectivity index (χ3v) is 6.96. The van der Waals surface area contributed by atoms with Crippen LogP contribution in [0.3, 0.4) is 0 Å². The minimum atomic E-state index is -0.695. The number of ketones is 1. The molecule has 0 saturated carbocycles. The van der Waals surface area contributed by atoms with Crippen LogP contribution in [0.25, 0.3) is 0 Å². The average Bonchev–Trinajstić information content (AvgIpc) is 2.88. The lowest BCUT2D eigenvalue weighted by Gasteiger charge is -2.48. The molecule has 35 heavy (non-hydrogen) atoms. The van der Waals surface area contributed by atoms with Crippen molar-refractivity contribution in [3.05, 3.63) is 71.8 Å².